The van der Waals surface area contributed by atoms with Crippen LogP contribution in [-0.4, -0.2) is 32.0 Å². The molecule has 1 aliphatic heterocycles. The largest absolute Gasteiger partial charge is 0.339 e. The van der Waals surface area contributed by atoms with E-state index in [0.29, 0.717) is 24.2 Å². The smallest absolute Gasteiger partial charge is 0.232 e. The summed E-state index contributed by atoms with van der Waals surface area (Å²) >= 11 is 1.66. The first-order valence-corrected chi connectivity index (χ1v) is 10.1. The molecule has 0 unspecified atom stereocenters. The summed E-state index contributed by atoms with van der Waals surface area (Å²) in [5.41, 5.74) is 1.08. The number of thiophene rings is 1. The van der Waals surface area contributed by atoms with Crippen LogP contribution in [0.4, 0.5) is 0 Å². The van der Waals surface area contributed by atoms with E-state index in [4.69, 9.17) is 9.51 Å². The molecule has 3 aromatic heterocycles. The van der Waals surface area contributed by atoms with Gasteiger partial charge in [0.05, 0.1) is 16.8 Å². The van der Waals surface area contributed by atoms with Crippen LogP contribution in [0.2, 0.25) is 0 Å². The summed E-state index contributed by atoms with van der Waals surface area (Å²) in [5, 5.41) is 4.22. The lowest BCUT2D eigenvalue weighted by atomic mass is 9.84. The van der Waals surface area contributed by atoms with E-state index in [9.17, 15) is 4.79 Å². The van der Waals surface area contributed by atoms with Gasteiger partial charge in [0.15, 0.2) is 0 Å². The molecule has 1 amide bonds. The van der Waals surface area contributed by atoms with Crippen molar-refractivity contribution in [3.05, 3.63) is 53.0 Å². The van der Waals surface area contributed by atoms with Crippen molar-refractivity contribution in [3.8, 4) is 10.7 Å². The third-order valence-electron chi connectivity index (χ3n) is 5.35. The minimum atomic E-state index is -0.0693. The summed E-state index contributed by atoms with van der Waals surface area (Å²) in [6.07, 6.45) is 6.96. The molecule has 0 aromatic carbocycles. The molecule has 2 fully saturated rings. The van der Waals surface area contributed by atoms with Crippen molar-refractivity contribution in [2.45, 2.75) is 50.6 Å². The summed E-state index contributed by atoms with van der Waals surface area (Å²) in [6.45, 7) is 2.06. The molecular weight excluding hydrogens is 360 g/mol. The van der Waals surface area contributed by atoms with E-state index in [-0.39, 0.29) is 17.9 Å². The highest BCUT2D eigenvalue weighted by molar-refractivity contribution is 7.15. The van der Waals surface area contributed by atoms with E-state index in [2.05, 4.69) is 28.0 Å². The molecule has 4 heterocycles. The number of hydrogen-bond acceptors (Lipinski definition) is 6. The average Bonchev–Trinajstić information content (AvgIpc) is 3.23. The Labute approximate surface area is 161 Å². The number of amides is 1. The SMILES string of the molecule is Cc1ccc(-c2noc([C@H]3CCC(=O)N(C4CC4)[C@@H]3c3ccncc3)n2)s1. The fourth-order valence-corrected chi connectivity index (χ4v) is 4.74. The Kier molecular flexibility index (Phi) is 4.04. The van der Waals surface area contributed by atoms with Crippen molar-refractivity contribution in [1.29, 1.82) is 0 Å². The number of nitrogens with zero attached hydrogens (tertiary/aromatic N) is 4. The molecule has 1 saturated heterocycles. The maximum atomic E-state index is 12.7. The predicted molar refractivity (Wildman–Crippen MR) is 101 cm³/mol. The number of likely N-dealkylation sites (tertiary alicyclic amines) is 1. The summed E-state index contributed by atoms with van der Waals surface area (Å²) in [5.74, 6) is 1.49. The summed E-state index contributed by atoms with van der Waals surface area (Å²) < 4.78 is 5.70. The first-order valence-electron chi connectivity index (χ1n) is 9.32. The zero-order valence-corrected chi connectivity index (χ0v) is 15.9. The van der Waals surface area contributed by atoms with E-state index in [1.165, 1.54) is 4.88 Å². The highest BCUT2D eigenvalue weighted by Crippen LogP contribution is 2.47. The van der Waals surface area contributed by atoms with Crippen molar-refractivity contribution >= 4 is 17.2 Å². The Hall–Kier alpha value is -2.54. The number of carbonyl (C=O) groups excluding carboxylic acids is 1. The molecule has 0 spiro atoms. The van der Waals surface area contributed by atoms with Gasteiger partial charge in [0, 0.05) is 29.7 Å². The topological polar surface area (TPSA) is 72.1 Å². The number of aromatic nitrogens is 3. The quantitative estimate of drug-likeness (QED) is 0.681. The third-order valence-corrected chi connectivity index (χ3v) is 6.34. The summed E-state index contributed by atoms with van der Waals surface area (Å²) in [6, 6.07) is 8.33. The molecule has 0 bridgehead atoms. The van der Waals surface area contributed by atoms with Crippen LogP contribution in [0.1, 0.15) is 54.0 Å². The zero-order valence-electron chi connectivity index (χ0n) is 15.0. The molecular formula is C20H20N4O2S. The van der Waals surface area contributed by atoms with Crippen LogP contribution in [0.15, 0.2) is 41.2 Å². The number of piperidine rings is 1. The third kappa shape index (κ3) is 3.06. The average molecular weight is 380 g/mol. The fraction of sp³-hybridized carbons (Fsp3) is 0.400. The lowest BCUT2D eigenvalue weighted by molar-refractivity contribution is -0.138. The van der Waals surface area contributed by atoms with Crippen molar-refractivity contribution in [1.82, 2.24) is 20.0 Å². The molecule has 27 heavy (non-hydrogen) atoms. The minimum absolute atomic E-state index is 0.00742. The van der Waals surface area contributed by atoms with Gasteiger partial charge in [-0.05, 0) is 56.0 Å². The second-order valence-corrected chi connectivity index (χ2v) is 8.56. The van der Waals surface area contributed by atoms with E-state index in [0.717, 1.165) is 29.7 Å². The van der Waals surface area contributed by atoms with Gasteiger partial charge in [-0.2, -0.15) is 4.98 Å². The van der Waals surface area contributed by atoms with Gasteiger partial charge in [0.25, 0.3) is 0 Å². The number of carbonyl (C=O) groups is 1. The monoisotopic (exact) mass is 380 g/mol. The zero-order chi connectivity index (χ0) is 18.4. The van der Waals surface area contributed by atoms with Gasteiger partial charge in [0.1, 0.15) is 0 Å². The van der Waals surface area contributed by atoms with Gasteiger partial charge in [-0.3, -0.25) is 9.78 Å². The van der Waals surface area contributed by atoms with Crippen molar-refractivity contribution in [2.75, 3.05) is 0 Å². The van der Waals surface area contributed by atoms with Gasteiger partial charge in [0.2, 0.25) is 17.6 Å². The standard InChI is InChI=1S/C20H20N4O2S/c1-12-2-6-16(27-12)19-22-20(26-23-19)15-5-7-17(25)24(14-3-4-14)18(15)13-8-10-21-11-9-13/h2,6,8-11,14-15,18H,3-5,7H2,1H3/t15-,18+/m0/s1. The molecule has 138 valence electrons. The van der Waals surface area contributed by atoms with E-state index in [1.54, 1.807) is 23.7 Å². The van der Waals surface area contributed by atoms with Gasteiger partial charge in [-0.25, -0.2) is 0 Å². The van der Waals surface area contributed by atoms with Crippen molar-refractivity contribution in [3.63, 3.8) is 0 Å². The molecule has 3 aromatic rings. The molecule has 2 atom stereocenters. The molecule has 6 nitrogen and oxygen atoms in total. The van der Waals surface area contributed by atoms with E-state index in [1.807, 2.05) is 18.2 Å². The molecule has 5 rings (SSSR count). The van der Waals surface area contributed by atoms with Crippen molar-refractivity contribution in [2.24, 2.45) is 0 Å². The van der Waals surface area contributed by atoms with Gasteiger partial charge in [-0.1, -0.05) is 5.16 Å². The van der Waals surface area contributed by atoms with Crippen LogP contribution in [0.3, 0.4) is 0 Å². The molecule has 0 radical (unpaired) electrons. The van der Waals surface area contributed by atoms with E-state index >= 15 is 0 Å². The van der Waals surface area contributed by atoms with Gasteiger partial charge in [-0.15, -0.1) is 11.3 Å². The molecule has 0 N–H and O–H groups in total. The normalized spacial score (nSPS) is 23.0. The fourth-order valence-electron chi connectivity index (χ4n) is 3.95. The number of pyridine rings is 1. The van der Waals surface area contributed by atoms with Crippen LogP contribution in [0.25, 0.3) is 10.7 Å². The lowest BCUT2D eigenvalue weighted by Gasteiger charge is -2.40. The van der Waals surface area contributed by atoms with Crippen LogP contribution < -0.4 is 0 Å². The summed E-state index contributed by atoms with van der Waals surface area (Å²) in [4.78, 5) is 25.8. The second-order valence-electron chi connectivity index (χ2n) is 7.27. The minimum Gasteiger partial charge on any atom is -0.339 e. The highest BCUT2D eigenvalue weighted by atomic mass is 32.1. The van der Waals surface area contributed by atoms with Crippen LogP contribution >= 0.6 is 11.3 Å². The Morgan fingerprint density at radius 2 is 1.96 bits per heavy atom. The maximum absolute atomic E-state index is 12.7. The highest BCUT2D eigenvalue weighted by Gasteiger charge is 2.46. The number of aryl methyl sites for hydroxylation is 1. The summed E-state index contributed by atoms with van der Waals surface area (Å²) in [7, 11) is 0. The van der Waals surface area contributed by atoms with Crippen LogP contribution in [0.5, 0.6) is 0 Å². The Bertz CT molecular complexity index is 963. The maximum Gasteiger partial charge on any atom is 0.232 e. The lowest BCUT2D eigenvalue weighted by Crippen LogP contribution is -2.43. The first-order chi connectivity index (χ1) is 13.2. The molecule has 1 aliphatic carbocycles. The molecule has 7 heteroatoms. The van der Waals surface area contributed by atoms with Crippen LogP contribution in [0, 0.1) is 6.92 Å². The Morgan fingerprint density at radius 3 is 2.67 bits per heavy atom. The van der Waals surface area contributed by atoms with Gasteiger partial charge < -0.3 is 9.42 Å². The Morgan fingerprint density at radius 1 is 1.15 bits per heavy atom. The molecule has 1 saturated carbocycles. The second kappa shape index (κ2) is 6.56. The molecule has 2 aliphatic rings. The van der Waals surface area contributed by atoms with E-state index < -0.39 is 0 Å². The number of hydrogen-bond donors (Lipinski definition) is 0. The predicted octanol–water partition coefficient (Wildman–Crippen LogP) is 4.11. The van der Waals surface area contributed by atoms with Crippen LogP contribution in [-0.2, 0) is 4.79 Å². The van der Waals surface area contributed by atoms with Crippen molar-refractivity contribution < 1.29 is 9.32 Å². The Balaban J connectivity index is 1.53. The number of rotatable bonds is 4. The first kappa shape index (κ1) is 16.6. The van der Waals surface area contributed by atoms with Gasteiger partial charge >= 0.3 is 0 Å².